The van der Waals surface area contributed by atoms with Gasteiger partial charge in [0, 0.05) is 42.8 Å². The van der Waals surface area contributed by atoms with E-state index >= 15 is 8.78 Å². The van der Waals surface area contributed by atoms with Gasteiger partial charge in [0.1, 0.15) is 22.1 Å². The Balaban J connectivity index is 1.13. The molecule has 1 fully saturated rings. The van der Waals surface area contributed by atoms with E-state index in [1.54, 1.807) is 47.9 Å². The number of aromatic nitrogens is 3. The lowest BCUT2D eigenvalue weighted by molar-refractivity contribution is 0.0524. The highest BCUT2D eigenvalue weighted by molar-refractivity contribution is 7.86. The molecule has 4 aromatic carbocycles. The fourth-order valence-electron chi connectivity index (χ4n) is 7.00. The molecule has 0 bridgehead atoms. The highest BCUT2D eigenvalue weighted by Crippen LogP contribution is 2.41. The number of fused-ring (bicyclic) bond motifs is 3. The minimum atomic E-state index is -4.63. The lowest BCUT2D eigenvalue weighted by Crippen LogP contribution is -2.22. The van der Waals surface area contributed by atoms with Crippen LogP contribution in [-0.4, -0.2) is 46.6 Å². The molecule has 4 N–H and O–H groups in total. The maximum Gasteiger partial charge on any atom is 0.343 e. The molecule has 0 atom stereocenters. The maximum absolute atomic E-state index is 16.5. The van der Waals surface area contributed by atoms with E-state index in [4.69, 9.17) is 10.5 Å². The van der Waals surface area contributed by atoms with Crippen molar-refractivity contribution in [1.29, 1.82) is 0 Å². The van der Waals surface area contributed by atoms with Gasteiger partial charge >= 0.3 is 5.97 Å². The molecule has 6 aromatic rings. The Morgan fingerprint density at radius 3 is 2.57 bits per heavy atom. The zero-order valence-corrected chi connectivity index (χ0v) is 29.1. The van der Waals surface area contributed by atoms with Crippen LogP contribution in [0.25, 0.3) is 32.8 Å². The van der Waals surface area contributed by atoms with Crippen LogP contribution in [0.3, 0.4) is 0 Å². The van der Waals surface area contributed by atoms with Crippen LogP contribution in [0.1, 0.15) is 47.3 Å². The molecule has 1 saturated carbocycles. The number of hydrogen-bond acceptors (Lipinski definition) is 10. The van der Waals surface area contributed by atoms with Crippen molar-refractivity contribution >= 4 is 60.9 Å². The predicted octanol–water partition coefficient (Wildman–Crippen LogP) is 6.54. The molecule has 270 valence electrons. The van der Waals surface area contributed by atoms with Crippen LogP contribution in [0.15, 0.2) is 82.7 Å². The summed E-state index contributed by atoms with van der Waals surface area (Å²) in [4.78, 5) is 36.0. The average molecular weight is 739 g/mol. The number of anilines is 4. The molecule has 1 aliphatic carbocycles. The molecule has 2 aromatic heterocycles. The molecular formula is C38H32F2N6O6S. The second-order valence-corrected chi connectivity index (χ2v) is 14.5. The summed E-state index contributed by atoms with van der Waals surface area (Å²) in [5.41, 5.74) is 7.13. The van der Waals surface area contributed by atoms with Gasteiger partial charge in [0.05, 0.1) is 28.8 Å². The molecule has 2 aliphatic rings. The monoisotopic (exact) mass is 738 g/mol. The molecule has 1 aliphatic heterocycles. The lowest BCUT2D eigenvalue weighted by Gasteiger charge is -2.22. The second kappa shape index (κ2) is 12.9. The number of nitrogens with zero attached hydrogens (tertiary/aromatic N) is 4. The number of benzene rings is 4. The van der Waals surface area contributed by atoms with E-state index in [1.807, 2.05) is 17.0 Å². The fourth-order valence-corrected chi connectivity index (χ4v) is 7.66. The van der Waals surface area contributed by atoms with E-state index in [9.17, 15) is 22.6 Å². The average Bonchev–Trinajstić information content (AvgIpc) is 3.89. The molecule has 8 rings (SSSR count). The molecule has 0 unspecified atom stereocenters. The van der Waals surface area contributed by atoms with Crippen LogP contribution in [0.5, 0.6) is 0 Å². The van der Waals surface area contributed by atoms with E-state index in [-0.39, 0.29) is 63.6 Å². The zero-order valence-electron chi connectivity index (χ0n) is 28.3. The van der Waals surface area contributed by atoms with Crippen molar-refractivity contribution in [3.8, 4) is 11.1 Å². The molecule has 0 spiro atoms. The van der Waals surface area contributed by atoms with E-state index in [0.717, 1.165) is 35.5 Å². The van der Waals surface area contributed by atoms with E-state index < -0.39 is 33.2 Å². The van der Waals surface area contributed by atoms with Gasteiger partial charge in [0.15, 0.2) is 5.82 Å². The number of hydrogen-bond donors (Lipinski definition) is 3. The highest BCUT2D eigenvalue weighted by Gasteiger charge is 2.31. The molecule has 0 radical (unpaired) electrons. The standard InChI is InChI=1S/C38H32F2N6O6S/c1-2-52-37(48)27-19-46(25-8-9-25)34-26(35(27)47)16-28(39)32(33(34)40)23-7-10-30-22(13-23)11-12-45(30)18-24-17-42-38(41)44-36(24)43-29-14-20-5-3-4-6-21(20)15-31(29)53(49,50)51/h3-7,10,13-17,19,25H,2,8-9,11-12,18H2,1H3,(H,49,50,51)(H3,41,42,43,44). The normalized spacial score (nSPS) is 14.2. The molecule has 0 amide bonds. The molecule has 3 heterocycles. The number of esters is 1. The minimum Gasteiger partial charge on any atom is -0.462 e. The quantitative estimate of drug-likeness (QED) is 0.109. The third-order valence-corrected chi connectivity index (χ3v) is 10.5. The molecule has 0 saturated heterocycles. The second-order valence-electron chi connectivity index (χ2n) is 13.1. The van der Waals surface area contributed by atoms with Crippen molar-refractivity contribution in [3.63, 3.8) is 0 Å². The Bertz CT molecular complexity index is 2680. The highest BCUT2D eigenvalue weighted by atomic mass is 32.2. The summed E-state index contributed by atoms with van der Waals surface area (Å²) in [7, 11) is -4.63. The van der Waals surface area contributed by atoms with Gasteiger partial charge in [-0.15, -0.1) is 0 Å². The van der Waals surface area contributed by atoms with Crippen LogP contribution in [0.4, 0.5) is 31.9 Å². The molecule has 15 heteroatoms. The first kappa shape index (κ1) is 34.2. The zero-order chi connectivity index (χ0) is 37.2. The van der Waals surface area contributed by atoms with E-state index in [0.29, 0.717) is 29.5 Å². The van der Waals surface area contributed by atoms with Crippen molar-refractivity contribution in [2.24, 2.45) is 0 Å². The lowest BCUT2D eigenvalue weighted by atomic mass is 9.98. The number of nitrogen functional groups attached to an aromatic ring is 1. The van der Waals surface area contributed by atoms with Crippen LogP contribution < -0.4 is 21.4 Å². The third-order valence-electron chi connectivity index (χ3n) is 9.63. The minimum absolute atomic E-state index is 0.0478. The summed E-state index contributed by atoms with van der Waals surface area (Å²) in [5.74, 6) is -2.48. The number of ether oxygens (including phenoxy) is 1. The molecule has 12 nitrogen and oxygen atoms in total. The number of nitrogens with one attached hydrogen (secondary N) is 1. The van der Waals surface area contributed by atoms with Gasteiger partial charge in [-0.3, -0.25) is 9.35 Å². The summed E-state index contributed by atoms with van der Waals surface area (Å²) in [6, 6.07) is 16.0. The first-order chi connectivity index (χ1) is 25.4. The van der Waals surface area contributed by atoms with E-state index in [1.165, 1.54) is 18.5 Å². The summed E-state index contributed by atoms with van der Waals surface area (Å²) in [5, 5.41) is 4.16. The number of carbonyl (C=O) groups is 1. The summed E-state index contributed by atoms with van der Waals surface area (Å²) < 4.78 is 73.7. The number of halogens is 2. The molecule has 53 heavy (non-hydrogen) atoms. The predicted molar refractivity (Wildman–Crippen MR) is 196 cm³/mol. The smallest absolute Gasteiger partial charge is 0.343 e. The Hall–Kier alpha value is -5.93. The first-order valence-electron chi connectivity index (χ1n) is 16.9. The van der Waals surface area contributed by atoms with E-state index in [2.05, 4.69) is 15.3 Å². The summed E-state index contributed by atoms with van der Waals surface area (Å²) in [6.45, 7) is 2.46. The number of carbonyl (C=O) groups excluding carboxylic acids is 1. The maximum atomic E-state index is 16.5. The van der Waals surface area contributed by atoms with Crippen molar-refractivity contribution in [2.45, 2.75) is 43.7 Å². The fraction of sp³-hybridized carbons (Fsp3) is 0.211. The van der Waals surface area contributed by atoms with Crippen molar-refractivity contribution in [1.82, 2.24) is 14.5 Å². The van der Waals surface area contributed by atoms with Crippen LogP contribution in [-0.2, 0) is 27.8 Å². The van der Waals surface area contributed by atoms with Crippen LogP contribution in [0.2, 0.25) is 0 Å². The summed E-state index contributed by atoms with van der Waals surface area (Å²) in [6.07, 6.45) is 4.84. The summed E-state index contributed by atoms with van der Waals surface area (Å²) >= 11 is 0. The first-order valence-corrected chi connectivity index (χ1v) is 18.4. The Kier molecular flexibility index (Phi) is 8.34. The number of rotatable bonds is 9. The van der Waals surface area contributed by atoms with Gasteiger partial charge in [-0.25, -0.2) is 18.6 Å². The van der Waals surface area contributed by atoms with Gasteiger partial charge in [0.2, 0.25) is 11.4 Å². The van der Waals surface area contributed by atoms with Crippen molar-refractivity contribution in [3.05, 3.63) is 112 Å². The van der Waals surface area contributed by atoms with Gasteiger partial charge in [0.25, 0.3) is 10.1 Å². The van der Waals surface area contributed by atoms with Crippen LogP contribution >= 0.6 is 0 Å². The topological polar surface area (TPSA) is 170 Å². The largest absolute Gasteiger partial charge is 0.462 e. The SMILES string of the molecule is CCOC(=O)c1cn(C2CC2)c2c(F)c(-c3ccc4c(c3)CCN4Cc3cnc(N)nc3Nc3cc4ccccc4cc3S(=O)(=O)O)c(F)cc2c1=O. The van der Waals surface area contributed by atoms with Crippen molar-refractivity contribution < 1.29 is 31.3 Å². The number of pyridine rings is 1. The van der Waals surface area contributed by atoms with Gasteiger partial charge in [-0.2, -0.15) is 13.4 Å². The van der Waals surface area contributed by atoms with Crippen molar-refractivity contribution in [2.75, 3.05) is 29.1 Å². The number of nitrogens with two attached hydrogens (primary N) is 1. The van der Waals surface area contributed by atoms with Gasteiger partial charge in [-0.1, -0.05) is 30.3 Å². The van der Waals surface area contributed by atoms with Crippen LogP contribution in [0, 0.1) is 11.6 Å². The molecular weight excluding hydrogens is 707 g/mol. The van der Waals surface area contributed by atoms with Gasteiger partial charge in [-0.05, 0) is 78.4 Å². The Morgan fingerprint density at radius 2 is 1.85 bits per heavy atom. The third kappa shape index (κ3) is 6.21. The van der Waals surface area contributed by atoms with Gasteiger partial charge < -0.3 is 25.3 Å². The Labute approximate surface area is 301 Å². The Morgan fingerprint density at radius 1 is 1.09 bits per heavy atom.